The molecule has 0 saturated carbocycles. The quantitative estimate of drug-likeness (QED) is 0.795. The highest BCUT2D eigenvalue weighted by molar-refractivity contribution is 7.22. The van der Waals surface area contributed by atoms with E-state index in [2.05, 4.69) is 4.98 Å². The van der Waals surface area contributed by atoms with Crippen molar-refractivity contribution in [3.63, 3.8) is 0 Å². The molecule has 0 aliphatic heterocycles. The minimum absolute atomic E-state index is 0.584. The van der Waals surface area contributed by atoms with Gasteiger partial charge in [-0.3, -0.25) is 0 Å². The maximum Gasteiger partial charge on any atom is 0.181 e. The molecular weight excluding hydrogens is 184 g/mol. The van der Waals surface area contributed by atoms with Crippen molar-refractivity contribution in [1.82, 2.24) is 4.98 Å². The summed E-state index contributed by atoms with van der Waals surface area (Å²) < 4.78 is 6.19. The maximum atomic E-state index is 5.62. The van der Waals surface area contributed by atoms with Crippen molar-refractivity contribution in [1.29, 1.82) is 0 Å². The molecule has 1 aromatic carbocycles. The smallest absolute Gasteiger partial charge is 0.181 e. The molecule has 0 aliphatic carbocycles. The lowest BCUT2D eigenvalue weighted by Gasteiger charge is -1.98. The van der Waals surface area contributed by atoms with Crippen LogP contribution in [0.15, 0.2) is 18.2 Å². The van der Waals surface area contributed by atoms with Crippen LogP contribution in [0.2, 0.25) is 0 Å². The summed E-state index contributed by atoms with van der Waals surface area (Å²) in [4.78, 5) is 4.25. The summed E-state index contributed by atoms with van der Waals surface area (Å²) in [7, 11) is 1.68. The van der Waals surface area contributed by atoms with Crippen molar-refractivity contribution in [2.45, 2.75) is 6.61 Å². The molecule has 0 spiro atoms. The van der Waals surface area contributed by atoms with Gasteiger partial charge in [-0.2, -0.15) is 0 Å². The number of hydrogen-bond donors (Lipinski definition) is 1. The molecule has 1 aromatic heterocycles. The average Bonchev–Trinajstić information content (AvgIpc) is 2.47. The first kappa shape index (κ1) is 8.47. The Morgan fingerprint density at radius 1 is 1.54 bits per heavy atom. The number of benzene rings is 1. The highest BCUT2D eigenvalue weighted by Gasteiger charge is 2.04. The zero-order valence-corrected chi connectivity index (χ0v) is 8.10. The zero-order valence-electron chi connectivity index (χ0n) is 7.28. The molecule has 0 amide bonds. The van der Waals surface area contributed by atoms with Gasteiger partial charge in [0, 0.05) is 12.7 Å². The summed E-state index contributed by atoms with van der Waals surface area (Å²) in [5.41, 5.74) is 7.68. The molecular formula is C9H10N2OS. The van der Waals surface area contributed by atoms with Crippen molar-refractivity contribution in [2.24, 2.45) is 0 Å². The molecule has 3 nitrogen and oxygen atoms in total. The Labute approximate surface area is 80.2 Å². The molecule has 1 heterocycles. The third kappa shape index (κ3) is 1.50. The van der Waals surface area contributed by atoms with Crippen molar-refractivity contribution < 1.29 is 4.74 Å². The van der Waals surface area contributed by atoms with Gasteiger partial charge in [0.2, 0.25) is 0 Å². The number of methoxy groups -OCH3 is 1. The van der Waals surface area contributed by atoms with Gasteiger partial charge >= 0.3 is 0 Å². The number of thiazole rings is 1. The van der Waals surface area contributed by atoms with Crippen LogP contribution in [-0.2, 0) is 11.3 Å². The molecule has 0 saturated heterocycles. The van der Waals surface area contributed by atoms with Crippen LogP contribution >= 0.6 is 11.3 Å². The third-order valence-electron chi connectivity index (χ3n) is 1.82. The molecule has 0 fully saturated rings. The molecule has 4 heteroatoms. The second-order valence-electron chi connectivity index (χ2n) is 2.75. The van der Waals surface area contributed by atoms with Crippen LogP contribution in [0.5, 0.6) is 0 Å². The number of fused-ring (bicyclic) bond motifs is 1. The predicted octanol–water partition coefficient (Wildman–Crippen LogP) is 2.02. The van der Waals surface area contributed by atoms with E-state index in [0.29, 0.717) is 11.7 Å². The minimum atomic E-state index is 0.584. The Morgan fingerprint density at radius 3 is 3.15 bits per heavy atom. The molecule has 2 rings (SSSR count). The van der Waals surface area contributed by atoms with Crippen LogP contribution in [0.1, 0.15) is 5.56 Å². The molecule has 0 unspecified atom stereocenters. The summed E-state index contributed by atoms with van der Waals surface area (Å²) in [6.07, 6.45) is 0. The predicted molar refractivity (Wildman–Crippen MR) is 54.7 cm³/mol. The largest absolute Gasteiger partial charge is 0.380 e. The van der Waals surface area contributed by atoms with E-state index in [1.54, 1.807) is 7.11 Å². The van der Waals surface area contributed by atoms with Crippen molar-refractivity contribution in [3.05, 3.63) is 23.8 Å². The summed E-state index contributed by atoms with van der Waals surface area (Å²) in [6, 6.07) is 6.02. The number of anilines is 1. The lowest BCUT2D eigenvalue weighted by Crippen LogP contribution is -1.89. The van der Waals surface area contributed by atoms with Gasteiger partial charge in [-0.15, -0.1) is 0 Å². The fourth-order valence-electron chi connectivity index (χ4n) is 1.29. The monoisotopic (exact) mass is 194 g/mol. The number of aromatic nitrogens is 1. The average molecular weight is 194 g/mol. The summed E-state index contributed by atoms with van der Waals surface area (Å²) in [6.45, 7) is 0.584. The number of nitrogens with two attached hydrogens (primary N) is 1. The molecule has 13 heavy (non-hydrogen) atoms. The van der Waals surface area contributed by atoms with Crippen molar-refractivity contribution in [3.8, 4) is 0 Å². The molecule has 0 atom stereocenters. The maximum absolute atomic E-state index is 5.62. The third-order valence-corrected chi connectivity index (χ3v) is 2.67. The second kappa shape index (κ2) is 3.32. The van der Waals surface area contributed by atoms with Gasteiger partial charge in [-0.25, -0.2) is 4.98 Å². The zero-order chi connectivity index (χ0) is 9.26. The van der Waals surface area contributed by atoms with Crippen LogP contribution in [0, 0.1) is 0 Å². The standard InChI is InChI=1S/C9H10N2OS/c1-12-5-6-3-2-4-7-8(6)11-9(10)13-7/h2-4H,5H2,1H3,(H2,10,11). The van der Waals surface area contributed by atoms with Crippen LogP contribution in [0.25, 0.3) is 10.2 Å². The number of nitrogen functional groups attached to an aromatic ring is 1. The Kier molecular flexibility index (Phi) is 2.16. The van der Waals surface area contributed by atoms with Gasteiger partial charge in [0.15, 0.2) is 5.13 Å². The fourth-order valence-corrected chi connectivity index (χ4v) is 2.08. The van der Waals surface area contributed by atoms with Gasteiger partial charge in [0.25, 0.3) is 0 Å². The van der Waals surface area contributed by atoms with Crippen molar-refractivity contribution >= 4 is 26.7 Å². The normalized spacial score (nSPS) is 10.8. The Bertz CT molecular complexity index is 424. The summed E-state index contributed by atoms with van der Waals surface area (Å²) in [5, 5.41) is 0.610. The minimum Gasteiger partial charge on any atom is -0.380 e. The SMILES string of the molecule is COCc1cccc2sc(N)nc12. The molecule has 0 aliphatic rings. The van der Waals surface area contributed by atoms with Crippen LogP contribution < -0.4 is 5.73 Å². The number of nitrogens with zero attached hydrogens (tertiary/aromatic N) is 1. The van der Waals surface area contributed by atoms with E-state index in [1.165, 1.54) is 11.3 Å². The number of para-hydroxylation sites is 1. The fraction of sp³-hybridized carbons (Fsp3) is 0.222. The Hall–Kier alpha value is -1.13. The van der Waals surface area contributed by atoms with E-state index in [4.69, 9.17) is 10.5 Å². The van der Waals surface area contributed by atoms with E-state index in [9.17, 15) is 0 Å². The lowest BCUT2D eigenvalue weighted by molar-refractivity contribution is 0.186. The Morgan fingerprint density at radius 2 is 2.38 bits per heavy atom. The van der Waals surface area contributed by atoms with Gasteiger partial charge in [0.05, 0.1) is 16.8 Å². The second-order valence-corrected chi connectivity index (χ2v) is 3.81. The van der Waals surface area contributed by atoms with E-state index >= 15 is 0 Å². The van der Waals surface area contributed by atoms with Gasteiger partial charge in [-0.05, 0) is 6.07 Å². The molecule has 68 valence electrons. The van der Waals surface area contributed by atoms with Gasteiger partial charge < -0.3 is 10.5 Å². The first-order chi connectivity index (χ1) is 6.31. The van der Waals surface area contributed by atoms with E-state index in [0.717, 1.165) is 15.8 Å². The van der Waals surface area contributed by atoms with Gasteiger partial charge in [0.1, 0.15) is 0 Å². The number of ether oxygens (including phenoxy) is 1. The first-order valence-corrected chi connectivity index (χ1v) is 4.76. The van der Waals surface area contributed by atoms with Crippen LogP contribution in [-0.4, -0.2) is 12.1 Å². The van der Waals surface area contributed by atoms with Gasteiger partial charge in [-0.1, -0.05) is 23.5 Å². The summed E-state index contributed by atoms with van der Waals surface area (Å²) in [5.74, 6) is 0. The summed E-state index contributed by atoms with van der Waals surface area (Å²) >= 11 is 1.50. The van der Waals surface area contributed by atoms with E-state index in [-0.39, 0.29) is 0 Å². The topological polar surface area (TPSA) is 48.1 Å². The molecule has 2 aromatic rings. The Balaban J connectivity index is 2.60. The van der Waals surface area contributed by atoms with E-state index in [1.807, 2.05) is 18.2 Å². The molecule has 0 bridgehead atoms. The van der Waals surface area contributed by atoms with Crippen molar-refractivity contribution in [2.75, 3.05) is 12.8 Å². The van der Waals surface area contributed by atoms with E-state index < -0.39 is 0 Å². The highest BCUT2D eigenvalue weighted by atomic mass is 32.1. The molecule has 0 radical (unpaired) electrons. The van der Waals surface area contributed by atoms with Crippen LogP contribution in [0.3, 0.4) is 0 Å². The lowest BCUT2D eigenvalue weighted by atomic mass is 10.2. The highest BCUT2D eigenvalue weighted by Crippen LogP contribution is 2.26. The number of rotatable bonds is 2. The first-order valence-electron chi connectivity index (χ1n) is 3.94. The number of hydrogen-bond acceptors (Lipinski definition) is 4. The molecule has 2 N–H and O–H groups in total. The van der Waals surface area contributed by atoms with Crippen LogP contribution in [0.4, 0.5) is 5.13 Å².